The van der Waals surface area contributed by atoms with Crippen LogP contribution in [0, 0.1) is 10.1 Å². The molecule has 0 amide bonds. The fourth-order valence-corrected chi connectivity index (χ4v) is 1.75. The van der Waals surface area contributed by atoms with Crippen molar-refractivity contribution in [3.63, 3.8) is 0 Å². The number of pyridine rings is 1. The molecule has 0 aliphatic heterocycles. The van der Waals surface area contributed by atoms with Crippen molar-refractivity contribution in [3.05, 3.63) is 52.1 Å². The molecule has 0 fully saturated rings. The predicted molar refractivity (Wildman–Crippen MR) is 75.7 cm³/mol. The Morgan fingerprint density at radius 2 is 2.10 bits per heavy atom. The Kier molecular flexibility index (Phi) is 4.11. The molecule has 20 heavy (non-hydrogen) atoms. The molecule has 1 aromatic carbocycles. The number of ether oxygens (including phenoxy) is 1. The second kappa shape index (κ2) is 5.98. The first-order valence-corrected chi connectivity index (χ1v) is 5.86. The number of methoxy groups -OCH3 is 1. The van der Waals surface area contributed by atoms with Crippen LogP contribution in [-0.2, 0) is 11.3 Å². The molecule has 0 aliphatic rings. The summed E-state index contributed by atoms with van der Waals surface area (Å²) in [6.07, 6.45) is 0. The van der Waals surface area contributed by atoms with E-state index in [1.54, 1.807) is 7.11 Å². The second-order valence-corrected chi connectivity index (χ2v) is 4.07. The molecule has 0 spiro atoms. The lowest BCUT2D eigenvalue weighted by Crippen LogP contribution is -2.03. The summed E-state index contributed by atoms with van der Waals surface area (Å²) in [5.41, 5.74) is 7.11. The Balaban J connectivity index is 2.26. The van der Waals surface area contributed by atoms with Crippen molar-refractivity contribution in [2.45, 2.75) is 6.61 Å². The summed E-state index contributed by atoms with van der Waals surface area (Å²) in [6.45, 7) is 0.450. The number of nitrogens with zero attached hydrogens (tertiary/aromatic N) is 2. The molecule has 0 unspecified atom stereocenters. The Hall–Kier alpha value is -2.67. The van der Waals surface area contributed by atoms with Crippen LogP contribution in [0.4, 0.5) is 23.0 Å². The molecular formula is C13H14N4O3. The van der Waals surface area contributed by atoms with Gasteiger partial charge in [-0.25, -0.2) is 4.98 Å². The lowest BCUT2D eigenvalue weighted by Gasteiger charge is -2.11. The molecule has 2 rings (SSSR count). The number of aromatic nitrogens is 1. The van der Waals surface area contributed by atoms with E-state index in [1.807, 2.05) is 24.3 Å². The third kappa shape index (κ3) is 3.01. The first-order valence-electron chi connectivity index (χ1n) is 5.86. The normalized spacial score (nSPS) is 10.2. The van der Waals surface area contributed by atoms with E-state index < -0.39 is 4.92 Å². The molecule has 0 bridgehead atoms. The van der Waals surface area contributed by atoms with Crippen LogP contribution in [-0.4, -0.2) is 17.0 Å². The number of nitrogen functional groups attached to an aromatic ring is 1. The summed E-state index contributed by atoms with van der Waals surface area (Å²) in [6, 6.07) is 10.4. The maximum atomic E-state index is 10.7. The van der Waals surface area contributed by atoms with Crippen LogP contribution in [0.15, 0.2) is 36.4 Å². The fourth-order valence-electron chi connectivity index (χ4n) is 1.75. The molecule has 0 aliphatic carbocycles. The van der Waals surface area contributed by atoms with Crippen LogP contribution in [0.1, 0.15) is 5.56 Å². The molecule has 7 heteroatoms. The Bertz CT molecular complexity index is 631. The van der Waals surface area contributed by atoms with Gasteiger partial charge in [0.25, 0.3) is 0 Å². The van der Waals surface area contributed by atoms with Crippen molar-refractivity contribution >= 4 is 23.0 Å². The standard InChI is InChI=1S/C13H14N4O3/c1-20-8-9-4-2-3-5-10(9)15-12-7-6-11(17(18)19)13(14)16-12/h2-7H,8H2,1H3,(H3,14,15,16). The fraction of sp³-hybridized carbons (Fsp3) is 0.154. The van der Waals surface area contributed by atoms with Gasteiger partial charge < -0.3 is 15.8 Å². The van der Waals surface area contributed by atoms with Gasteiger partial charge in [-0.2, -0.15) is 0 Å². The molecule has 1 heterocycles. The smallest absolute Gasteiger partial charge is 0.311 e. The van der Waals surface area contributed by atoms with Crippen molar-refractivity contribution in [2.24, 2.45) is 0 Å². The van der Waals surface area contributed by atoms with Crippen LogP contribution >= 0.6 is 0 Å². The highest BCUT2D eigenvalue weighted by Gasteiger charge is 2.13. The van der Waals surface area contributed by atoms with Crippen molar-refractivity contribution in [1.82, 2.24) is 4.98 Å². The third-order valence-electron chi connectivity index (χ3n) is 2.68. The lowest BCUT2D eigenvalue weighted by molar-refractivity contribution is -0.384. The molecule has 7 nitrogen and oxygen atoms in total. The summed E-state index contributed by atoms with van der Waals surface area (Å²) in [5.74, 6) is 0.320. The number of nitrogens with one attached hydrogen (secondary N) is 1. The minimum atomic E-state index is -0.565. The van der Waals surface area contributed by atoms with Crippen LogP contribution in [0.3, 0.4) is 0 Å². The zero-order chi connectivity index (χ0) is 14.5. The summed E-state index contributed by atoms with van der Waals surface area (Å²) in [5, 5.41) is 13.7. The largest absolute Gasteiger partial charge is 0.380 e. The molecule has 2 aromatic rings. The van der Waals surface area contributed by atoms with Crippen LogP contribution in [0.2, 0.25) is 0 Å². The van der Waals surface area contributed by atoms with E-state index >= 15 is 0 Å². The van der Waals surface area contributed by atoms with Crippen molar-refractivity contribution in [3.8, 4) is 0 Å². The third-order valence-corrected chi connectivity index (χ3v) is 2.68. The van der Waals surface area contributed by atoms with Crippen molar-refractivity contribution in [1.29, 1.82) is 0 Å². The lowest BCUT2D eigenvalue weighted by atomic mass is 10.2. The number of hydrogen-bond acceptors (Lipinski definition) is 6. The molecule has 0 atom stereocenters. The van der Waals surface area contributed by atoms with Gasteiger partial charge in [-0.15, -0.1) is 0 Å². The maximum absolute atomic E-state index is 10.7. The van der Waals surface area contributed by atoms with Crippen LogP contribution < -0.4 is 11.1 Å². The van der Waals surface area contributed by atoms with E-state index in [4.69, 9.17) is 10.5 Å². The molecule has 3 N–H and O–H groups in total. The summed E-state index contributed by atoms with van der Waals surface area (Å²) in [4.78, 5) is 14.1. The first-order chi connectivity index (χ1) is 9.61. The predicted octanol–water partition coefficient (Wildman–Crippen LogP) is 2.46. The van der Waals surface area contributed by atoms with E-state index in [0.717, 1.165) is 11.3 Å². The van der Waals surface area contributed by atoms with Gasteiger partial charge in [0.05, 0.1) is 11.5 Å². The first kappa shape index (κ1) is 13.8. The van der Waals surface area contributed by atoms with E-state index in [1.165, 1.54) is 12.1 Å². The highest BCUT2D eigenvalue weighted by atomic mass is 16.6. The SMILES string of the molecule is COCc1ccccc1Nc1ccc([N+](=O)[O-])c(N)n1. The number of nitro groups is 1. The van der Waals surface area contributed by atoms with Crippen molar-refractivity contribution < 1.29 is 9.66 Å². The molecule has 0 saturated carbocycles. The molecular weight excluding hydrogens is 260 g/mol. The van der Waals surface area contributed by atoms with Gasteiger partial charge in [-0.1, -0.05) is 18.2 Å². The maximum Gasteiger partial charge on any atom is 0.311 e. The number of benzene rings is 1. The minimum Gasteiger partial charge on any atom is -0.380 e. The van der Waals surface area contributed by atoms with Gasteiger partial charge >= 0.3 is 5.69 Å². The van der Waals surface area contributed by atoms with E-state index in [0.29, 0.717) is 12.4 Å². The van der Waals surface area contributed by atoms with Gasteiger partial charge in [0.1, 0.15) is 5.82 Å². The Morgan fingerprint density at radius 3 is 2.75 bits per heavy atom. The van der Waals surface area contributed by atoms with Gasteiger partial charge in [-0.3, -0.25) is 10.1 Å². The molecule has 0 saturated heterocycles. The number of nitrogens with two attached hydrogens (primary N) is 1. The van der Waals surface area contributed by atoms with E-state index in [2.05, 4.69) is 10.3 Å². The average Bonchev–Trinajstić information content (AvgIpc) is 2.41. The van der Waals surface area contributed by atoms with Crippen molar-refractivity contribution in [2.75, 3.05) is 18.2 Å². The number of hydrogen-bond donors (Lipinski definition) is 2. The minimum absolute atomic E-state index is 0.121. The quantitative estimate of drug-likeness (QED) is 0.641. The molecule has 104 valence electrons. The molecule has 0 radical (unpaired) electrons. The van der Waals surface area contributed by atoms with Gasteiger partial charge in [0.15, 0.2) is 0 Å². The summed E-state index contributed by atoms with van der Waals surface area (Å²) in [7, 11) is 1.61. The summed E-state index contributed by atoms with van der Waals surface area (Å²) >= 11 is 0. The van der Waals surface area contributed by atoms with E-state index in [-0.39, 0.29) is 11.5 Å². The second-order valence-electron chi connectivity index (χ2n) is 4.07. The van der Waals surface area contributed by atoms with E-state index in [9.17, 15) is 10.1 Å². The Morgan fingerprint density at radius 1 is 1.35 bits per heavy atom. The zero-order valence-electron chi connectivity index (χ0n) is 10.9. The average molecular weight is 274 g/mol. The number of anilines is 3. The van der Waals surface area contributed by atoms with Gasteiger partial charge in [0.2, 0.25) is 5.82 Å². The zero-order valence-corrected chi connectivity index (χ0v) is 10.9. The van der Waals surface area contributed by atoms with Crippen LogP contribution in [0.5, 0.6) is 0 Å². The highest BCUT2D eigenvalue weighted by Crippen LogP contribution is 2.24. The molecule has 1 aromatic heterocycles. The van der Waals surface area contributed by atoms with Gasteiger partial charge in [-0.05, 0) is 12.1 Å². The Labute approximate surface area is 115 Å². The highest BCUT2D eigenvalue weighted by molar-refractivity contribution is 5.64. The van der Waals surface area contributed by atoms with Crippen LogP contribution in [0.25, 0.3) is 0 Å². The topological polar surface area (TPSA) is 103 Å². The van der Waals surface area contributed by atoms with Gasteiger partial charge in [0, 0.05) is 24.4 Å². The number of rotatable bonds is 5. The summed E-state index contributed by atoms with van der Waals surface area (Å²) < 4.78 is 5.11. The monoisotopic (exact) mass is 274 g/mol. The number of para-hydroxylation sites is 1.